The molecule has 0 aliphatic heterocycles. The van der Waals surface area contributed by atoms with Gasteiger partial charge in [0, 0.05) is 6.54 Å². The summed E-state index contributed by atoms with van der Waals surface area (Å²) in [6.45, 7) is 4.02. The molecule has 108 valence electrons. The van der Waals surface area contributed by atoms with Crippen molar-refractivity contribution in [2.24, 2.45) is 0 Å². The van der Waals surface area contributed by atoms with Crippen LogP contribution in [0.4, 0.5) is 5.69 Å². The summed E-state index contributed by atoms with van der Waals surface area (Å²) in [5.74, 6) is 0. The summed E-state index contributed by atoms with van der Waals surface area (Å²) in [6.07, 6.45) is 1.68. The van der Waals surface area contributed by atoms with Gasteiger partial charge in [0.1, 0.15) is 11.4 Å². The van der Waals surface area contributed by atoms with E-state index < -0.39 is 0 Å². The number of hydrogen-bond donors (Lipinski definition) is 0. The molecule has 0 unspecified atom stereocenters. The maximum Gasteiger partial charge on any atom is 0.312 e. The van der Waals surface area contributed by atoms with E-state index in [1.807, 2.05) is 12.1 Å². The van der Waals surface area contributed by atoms with E-state index in [1.54, 1.807) is 30.7 Å². The quantitative estimate of drug-likeness (QED) is 0.624. The molecule has 0 fully saturated rings. The molecule has 21 heavy (non-hydrogen) atoms. The van der Waals surface area contributed by atoms with Crippen molar-refractivity contribution in [1.82, 2.24) is 9.78 Å². The van der Waals surface area contributed by atoms with Gasteiger partial charge in [0.15, 0.2) is 0 Å². The zero-order valence-electron chi connectivity index (χ0n) is 12.0. The van der Waals surface area contributed by atoms with Gasteiger partial charge >= 0.3 is 5.69 Å². The lowest BCUT2D eigenvalue weighted by Crippen LogP contribution is -2.04. The molecule has 0 spiro atoms. The molecule has 0 N–H and O–H groups in total. The van der Waals surface area contributed by atoms with E-state index in [1.165, 1.54) is 0 Å². The Morgan fingerprint density at radius 2 is 2.00 bits per heavy atom. The molecule has 0 aliphatic rings. The van der Waals surface area contributed by atoms with Gasteiger partial charge in [-0.3, -0.25) is 14.8 Å². The van der Waals surface area contributed by atoms with Gasteiger partial charge in [-0.2, -0.15) is 10.4 Å². The number of rotatable bonds is 5. The largest absolute Gasteiger partial charge is 0.312 e. The minimum absolute atomic E-state index is 0.105. The molecule has 2 rings (SSSR count). The third-order valence-corrected chi connectivity index (χ3v) is 3.44. The average molecular weight is 284 g/mol. The summed E-state index contributed by atoms with van der Waals surface area (Å²) in [5.41, 5.74) is 2.94. The molecule has 1 aromatic carbocycles. The normalized spacial score (nSPS) is 10.3. The Labute approximate surface area is 122 Å². The molecule has 0 amide bonds. The molecular formula is C15H16N4O2. The van der Waals surface area contributed by atoms with Crippen molar-refractivity contribution in [2.75, 3.05) is 0 Å². The van der Waals surface area contributed by atoms with Crippen molar-refractivity contribution in [2.45, 2.75) is 33.2 Å². The van der Waals surface area contributed by atoms with Crippen molar-refractivity contribution < 1.29 is 4.92 Å². The SMILES string of the molecule is Cc1nn(CCCc2ccc(C#N)cc2)c(C)c1[N+](=O)[O-]. The molecule has 0 aliphatic carbocycles. The van der Waals surface area contributed by atoms with Crippen LogP contribution in [0.3, 0.4) is 0 Å². The maximum absolute atomic E-state index is 10.9. The molecule has 2 aromatic rings. The van der Waals surface area contributed by atoms with Crippen LogP contribution in [-0.4, -0.2) is 14.7 Å². The number of aryl methyl sites for hydroxylation is 3. The topological polar surface area (TPSA) is 84.8 Å². The van der Waals surface area contributed by atoms with Gasteiger partial charge in [0.05, 0.1) is 16.6 Å². The summed E-state index contributed by atoms with van der Waals surface area (Å²) in [7, 11) is 0. The molecule has 1 aromatic heterocycles. The number of nitrogens with zero attached hydrogens (tertiary/aromatic N) is 4. The molecule has 0 saturated carbocycles. The highest BCUT2D eigenvalue weighted by Crippen LogP contribution is 2.22. The first-order valence-corrected chi connectivity index (χ1v) is 6.70. The minimum Gasteiger partial charge on any atom is -0.262 e. The van der Waals surface area contributed by atoms with E-state index in [4.69, 9.17) is 5.26 Å². The Kier molecular flexibility index (Phi) is 4.33. The lowest BCUT2D eigenvalue weighted by molar-refractivity contribution is -0.386. The van der Waals surface area contributed by atoms with Crippen LogP contribution < -0.4 is 0 Å². The third-order valence-electron chi connectivity index (χ3n) is 3.44. The third kappa shape index (κ3) is 3.26. The van der Waals surface area contributed by atoms with Crippen molar-refractivity contribution in [3.05, 3.63) is 56.9 Å². The molecule has 0 atom stereocenters. The second kappa shape index (κ2) is 6.18. The Balaban J connectivity index is 1.99. The molecule has 0 bridgehead atoms. The molecule has 1 heterocycles. The second-order valence-corrected chi connectivity index (χ2v) is 4.91. The summed E-state index contributed by atoms with van der Waals surface area (Å²) in [4.78, 5) is 10.6. The van der Waals surface area contributed by atoms with Crippen LogP contribution >= 0.6 is 0 Å². The molecule has 0 radical (unpaired) electrons. The number of benzene rings is 1. The van der Waals surface area contributed by atoms with Gasteiger partial charge in [-0.15, -0.1) is 0 Å². The Bertz CT molecular complexity index is 696. The first-order valence-electron chi connectivity index (χ1n) is 6.70. The highest BCUT2D eigenvalue weighted by atomic mass is 16.6. The summed E-state index contributed by atoms with van der Waals surface area (Å²) < 4.78 is 1.69. The van der Waals surface area contributed by atoms with Gasteiger partial charge in [-0.05, 0) is 44.4 Å². The van der Waals surface area contributed by atoms with Gasteiger partial charge in [-0.1, -0.05) is 12.1 Å². The number of aromatic nitrogens is 2. The van der Waals surface area contributed by atoms with Crippen molar-refractivity contribution in [3.63, 3.8) is 0 Å². The Morgan fingerprint density at radius 3 is 2.52 bits per heavy atom. The van der Waals surface area contributed by atoms with E-state index >= 15 is 0 Å². The van der Waals surface area contributed by atoms with Crippen LogP contribution in [-0.2, 0) is 13.0 Å². The highest BCUT2D eigenvalue weighted by Gasteiger charge is 2.21. The van der Waals surface area contributed by atoms with E-state index in [0.717, 1.165) is 18.4 Å². The monoisotopic (exact) mass is 284 g/mol. The fourth-order valence-electron chi connectivity index (χ4n) is 2.35. The fourth-order valence-corrected chi connectivity index (χ4v) is 2.35. The van der Waals surface area contributed by atoms with Crippen LogP contribution in [0.1, 0.15) is 28.9 Å². The maximum atomic E-state index is 10.9. The van der Waals surface area contributed by atoms with Crippen molar-refractivity contribution >= 4 is 5.69 Å². The first kappa shape index (κ1) is 14.7. The van der Waals surface area contributed by atoms with Crippen molar-refractivity contribution in [1.29, 1.82) is 5.26 Å². The van der Waals surface area contributed by atoms with E-state index in [0.29, 0.717) is 23.5 Å². The standard InChI is InChI=1S/C15H16N4O2/c1-11-15(19(20)21)12(2)18(17-11)9-3-4-13-5-7-14(10-16)8-6-13/h5-8H,3-4,9H2,1-2H3. The lowest BCUT2D eigenvalue weighted by atomic mass is 10.1. The smallest absolute Gasteiger partial charge is 0.262 e. The van der Waals surface area contributed by atoms with Crippen molar-refractivity contribution in [3.8, 4) is 6.07 Å². The number of hydrogen-bond acceptors (Lipinski definition) is 4. The van der Waals surface area contributed by atoms with Crippen LogP contribution in [0.25, 0.3) is 0 Å². The van der Waals surface area contributed by atoms with Crippen LogP contribution in [0.5, 0.6) is 0 Å². The zero-order chi connectivity index (χ0) is 15.4. The van der Waals surface area contributed by atoms with Crippen LogP contribution in [0.2, 0.25) is 0 Å². The first-order chi connectivity index (χ1) is 10.0. The second-order valence-electron chi connectivity index (χ2n) is 4.91. The Hall–Kier alpha value is -2.68. The number of nitro groups is 1. The summed E-state index contributed by atoms with van der Waals surface area (Å²) in [6, 6.07) is 9.54. The number of nitriles is 1. The van der Waals surface area contributed by atoms with Gasteiger partial charge < -0.3 is 0 Å². The fraction of sp³-hybridized carbons (Fsp3) is 0.333. The average Bonchev–Trinajstić information content (AvgIpc) is 2.74. The highest BCUT2D eigenvalue weighted by molar-refractivity contribution is 5.39. The van der Waals surface area contributed by atoms with Crippen LogP contribution in [0.15, 0.2) is 24.3 Å². The predicted molar refractivity (Wildman–Crippen MR) is 77.8 cm³/mol. The Morgan fingerprint density at radius 1 is 1.33 bits per heavy atom. The van der Waals surface area contributed by atoms with Crippen LogP contribution in [0, 0.1) is 35.3 Å². The minimum atomic E-state index is -0.380. The summed E-state index contributed by atoms with van der Waals surface area (Å²) in [5, 5.41) is 23.9. The molecule has 6 nitrogen and oxygen atoms in total. The molecular weight excluding hydrogens is 268 g/mol. The van der Waals surface area contributed by atoms with Gasteiger partial charge in [0.2, 0.25) is 0 Å². The lowest BCUT2D eigenvalue weighted by Gasteiger charge is -2.04. The molecule has 0 saturated heterocycles. The van der Waals surface area contributed by atoms with Gasteiger partial charge in [-0.25, -0.2) is 0 Å². The van der Waals surface area contributed by atoms with E-state index in [2.05, 4.69) is 11.2 Å². The summed E-state index contributed by atoms with van der Waals surface area (Å²) >= 11 is 0. The van der Waals surface area contributed by atoms with E-state index in [9.17, 15) is 10.1 Å². The van der Waals surface area contributed by atoms with Gasteiger partial charge in [0.25, 0.3) is 0 Å². The molecule has 6 heteroatoms. The zero-order valence-corrected chi connectivity index (χ0v) is 12.0. The van der Waals surface area contributed by atoms with E-state index in [-0.39, 0.29) is 10.6 Å². The predicted octanol–water partition coefficient (Wildman–Crippen LogP) is 2.91.